The number of aromatic nitrogens is 4. The number of thiophene rings is 1. The van der Waals surface area contributed by atoms with Crippen molar-refractivity contribution in [2.45, 2.75) is 42.5 Å². The Hall–Kier alpha value is -3.05. The summed E-state index contributed by atoms with van der Waals surface area (Å²) in [5, 5.41) is 13.2. The van der Waals surface area contributed by atoms with Crippen LogP contribution in [0.2, 0.25) is 0 Å². The van der Waals surface area contributed by atoms with Crippen LogP contribution in [-0.4, -0.2) is 58.7 Å². The fourth-order valence-corrected chi connectivity index (χ4v) is 6.12. The summed E-state index contributed by atoms with van der Waals surface area (Å²) in [5.74, 6) is 0.808. The van der Waals surface area contributed by atoms with Crippen molar-refractivity contribution in [1.82, 2.24) is 24.7 Å². The topological polar surface area (TPSA) is 110 Å². The third kappa shape index (κ3) is 3.95. The number of carbonyl (C=O) groups excluding carboxylic acids is 1. The third-order valence-electron chi connectivity index (χ3n) is 5.89. The number of hydrogen-bond acceptors (Lipinski definition) is 8. The van der Waals surface area contributed by atoms with Crippen LogP contribution in [0, 0.1) is 0 Å². The molecule has 4 aromatic rings. The van der Waals surface area contributed by atoms with Gasteiger partial charge in [0.25, 0.3) is 0 Å². The fourth-order valence-electron chi connectivity index (χ4n) is 4.05. The molecule has 1 N–H and O–H groups in total. The quantitative estimate of drug-likeness (QED) is 0.383. The molecule has 0 aliphatic carbocycles. The minimum Gasteiger partial charge on any atom is -0.369 e. The van der Waals surface area contributed by atoms with Crippen molar-refractivity contribution in [1.29, 1.82) is 0 Å². The number of sulfone groups is 1. The van der Waals surface area contributed by atoms with Crippen LogP contribution in [0.4, 0.5) is 5.82 Å². The van der Waals surface area contributed by atoms with Gasteiger partial charge in [-0.2, -0.15) is 4.52 Å². The van der Waals surface area contributed by atoms with Crippen molar-refractivity contribution in [2.75, 3.05) is 25.0 Å². The summed E-state index contributed by atoms with van der Waals surface area (Å²) in [4.78, 5) is 18.5. The molecule has 0 saturated carbocycles. The minimum atomic E-state index is -3.88. The highest BCUT2D eigenvalue weighted by molar-refractivity contribution is 7.91. The molecular formula is C22H24N6O3S2. The lowest BCUT2D eigenvalue weighted by atomic mass is 10.2. The maximum absolute atomic E-state index is 13.3. The number of carbonyl (C=O) groups is 1. The zero-order valence-electron chi connectivity index (χ0n) is 18.2. The number of benzene rings is 1. The molecule has 0 radical (unpaired) electrons. The van der Waals surface area contributed by atoms with Crippen LogP contribution in [0.15, 0.2) is 45.6 Å². The molecule has 1 saturated heterocycles. The van der Waals surface area contributed by atoms with Gasteiger partial charge in [-0.05, 0) is 48.4 Å². The van der Waals surface area contributed by atoms with Crippen LogP contribution in [0.1, 0.15) is 31.7 Å². The number of aryl methyl sites for hydroxylation is 1. The Balaban J connectivity index is 1.46. The second kappa shape index (κ2) is 8.71. The molecule has 0 bridgehead atoms. The Labute approximate surface area is 195 Å². The van der Waals surface area contributed by atoms with Crippen molar-refractivity contribution in [3.63, 3.8) is 0 Å². The van der Waals surface area contributed by atoms with E-state index < -0.39 is 9.84 Å². The zero-order chi connectivity index (χ0) is 23.0. The van der Waals surface area contributed by atoms with E-state index in [9.17, 15) is 13.2 Å². The van der Waals surface area contributed by atoms with Gasteiger partial charge in [0.05, 0.1) is 15.1 Å². The van der Waals surface area contributed by atoms with Gasteiger partial charge in [-0.1, -0.05) is 24.3 Å². The van der Waals surface area contributed by atoms with Crippen molar-refractivity contribution >= 4 is 48.8 Å². The first-order valence-electron chi connectivity index (χ1n) is 11.0. The Morgan fingerprint density at radius 3 is 2.73 bits per heavy atom. The van der Waals surface area contributed by atoms with Gasteiger partial charge in [-0.15, -0.1) is 16.4 Å². The fraction of sp³-hybridized carbons (Fsp3) is 0.364. The normalized spacial score (nSPS) is 14.6. The lowest BCUT2D eigenvalue weighted by molar-refractivity contribution is -0.127. The molecule has 4 heterocycles. The Bertz CT molecular complexity index is 1430. The summed E-state index contributed by atoms with van der Waals surface area (Å²) in [6.45, 7) is 4.15. The van der Waals surface area contributed by atoms with E-state index in [4.69, 9.17) is 0 Å². The van der Waals surface area contributed by atoms with E-state index in [1.807, 2.05) is 23.3 Å². The van der Waals surface area contributed by atoms with Crippen molar-refractivity contribution in [3.8, 4) is 0 Å². The second-order valence-electron chi connectivity index (χ2n) is 7.99. The monoisotopic (exact) mass is 484 g/mol. The van der Waals surface area contributed by atoms with Crippen molar-refractivity contribution < 1.29 is 13.2 Å². The zero-order valence-corrected chi connectivity index (χ0v) is 19.8. The Kier molecular flexibility index (Phi) is 5.75. The van der Waals surface area contributed by atoms with Gasteiger partial charge >= 0.3 is 0 Å². The molecule has 5 rings (SSSR count). The van der Waals surface area contributed by atoms with E-state index in [0.717, 1.165) is 41.6 Å². The summed E-state index contributed by atoms with van der Waals surface area (Å²) >= 11 is 1.50. The molecule has 1 aromatic carbocycles. The van der Waals surface area contributed by atoms with Gasteiger partial charge < -0.3 is 10.2 Å². The maximum atomic E-state index is 13.3. The molecule has 3 aromatic heterocycles. The first kappa shape index (κ1) is 21.8. The molecule has 0 atom stereocenters. The first-order valence-corrected chi connectivity index (χ1v) is 13.3. The molecular weight excluding hydrogens is 460 g/mol. The van der Waals surface area contributed by atoms with Crippen LogP contribution in [0.3, 0.4) is 0 Å². The molecule has 1 aliphatic heterocycles. The van der Waals surface area contributed by atoms with Crippen LogP contribution < -0.4 is 5.32 Å². The van der Waals surface area contributed by atoms with Crippen LogP contribution in [0.5, 0.6) is 0 Å². The lowest BCUT2D eigenvalue weighted by Gasteiger charge is -2.15. The predicted octanol–water partition coefficient (Wildman–Crippen LogP) is 3.16. The van der Waals surface area contributed by atoms with Gasteiger partial charge in [0.1, 0.15) is 5.82 Å². The smallest absolute Gasteiger partial charge is 0.229 e. The third-order valence-corrected chi connectivity index (χ3v) is 8.46. The first-order chi connectivity index (χ1) is 16.0. The van der Waals surface area contributed by atoms with E-state index in [0.29, 0.717) is 25.3 Å². The van der Waals surface area contributed by atoms with Crippen LogP contribution in [-0.2, 0) is 21.1 Å². The number of amides is 1. The summed E-state index contributed by atoms with van der Waals surface area (Å²) < 4.78 is 29.0. The SMILES string of the molecule is CCc1ccc(S(=O)(=O)c2nnn3c2nc(NCCCN2CCCC2=O)c2sccc23)cc1. The lowest BCUT2D eigenvalue weighted by Crippen LogP contribution is -2.27. The van der Waals surface area contributed by atoms with Gasteiger partial charge in [0.15, 0.2) is 5.65 Å². The second-order valence-corrected chi connectivity index (χ2v) is 10.8. The number of nitrogens with one attached hydrogen (secondary N) is 1. The molecule has 0 unspecified atom stereocenters. The van der Waals surface area contributed by atoms with E-state index in [-0.39, 0.29) is 21.5 Å². The molecule has 1 fully saturated rings. The van der Waals surface area contributed by atoms with Gasteiger partial charge in [0.2, 0.25) is 20.8 Å². The van der Waals surface area contributed by atoms with Gasteiger partial charge in [0, 0.05) is 26.1 Å². The molecule has 9 nitrogen and oxygen atoms in total. The van der Waals surface area contributed by atoms with E-state index in [2.05, 4.69) is 20.6 Å². The largest absolute Gasteiger partial charge is 0.369 e. The highest BCUT2D eigenvalue weighted by Gasteiger charge is 2.27. The van der Waals surface area contributed by atoms with E-state index >= 15 is 0 Å². The van der Waals surface area contributed by atoms with Crippen LogP contribution in [0.25, 0.3) is 15.9 Å². The summed E-state index contributed by atoms with van der Waals surface area (Å²) in [7, 11) is -3.88. The average Bonchev–Trinajstić information content (AvgIpc) is 3.56. The molecule has 11 heteroatoms. The van der Waals surface area contributed by atoms with Gasteiger partial charge in [-0.25, -0.2) is 13.4 Å². The minimum absolute atomic E-state index is 0.162. The summed E-state index contributed by atoms with van der Waals surface area (Å²) in [6, 6.07) is 8.69. The number of hydrogen-bond donors (Lipinski definition) is 1. The van der Waals surface area contributed by atoms with E-state index in [1.165, 1.54) is 15.9 Å². The standard InChI is InChI=1S/C22H24N6O3S2/c1-2-15-6-8-16(9-7-15)33(30,31)22-21-24-20(19-17(10-14-32-19)28(21)26-25-22)23-11-4-13-27-12-3-5-18(27)29/h6-10,14H,2-5,11-13H2,1H3,(H,23,24). The number of fused-ring (bicyclic) bond motifs is 3. The van der Waals surface area contributed by atoms with Crippen molar-refractivity contribution in [3.05, 3.63) is 41.3 Å². The molecule has 1 amide bonds. The highest BCUT2D eigenvalue weighted by atomic mass is 32.2. The van der Waals surface area contributed by atoms with Gasteiger partial charge in [-0.3, -0.25) is 4.79 Å². The van der Waals surface area contributed by atoms with Crippen molar-refractivity contribution in [2.24, 2.45) is 0 Å². The van der Waals surface area contributed by atoms with E-state index in [1.54, 1.807) is 24.3 Å². The van der Waals surface area contributed by atoms with Crippen LogP contribution >= 0.6 is 11.3 Å². The number of nitrogens with zero attached hydrogens (tertiary/aromatic N) is 5. The molecule has 1 aliphatic rings. The molecule has 33 heavy (non-hydrogen) atoms. The maximum Gasteiger partial charge on any atom is 0.229 e. The predicted molar refractivity (Wildman–Crippen MR) is 126 cm³/mol. The summed E-state index contributed by atoms with van der Waals surface area (Å²) in [6.07, 6.45) is 3.16. The number of likely N-dealkylation sites (tertiary alicyclic amines) is 1. The number of rotatable bonds is 8. The molecule has 172 valence electrons. The highest BCUT2D eigenvalue weighted by Crippen LogP contribution is 2.31. The number of anilines is 1. The Morgan fingerprint density at radius 1 is 1.18 bits per heavy atom. The summed E-state index contributed by atoms with van der Waals surface area (Å²) in [5.41, 5.74) is 2.00. The molecule has 0 spiro atoms. The Morgan fingerprint density at radius 2 is 2.00 bits per heavy atom. The average molecular weight is 485 g/mol.